The van der Waals surface area contributed by atoms with Gasteiger partial charge in [-0.05, 0) is 61.8 Å². The molecule has 1 unspecified atom stereocenters. The van der Waals surface area contributed by atoms with Crippen molar-refractivity contribution in [2.75, 3.05) is 69.8 Å². The molecule has 65 heavy (non-hydrogen) atoms. The molecular weight excluding hydrogens is 837 g/mol. The summed E-state index contributed by atoms with van der Waals surface area (Å²) in [7, 11) is 2.87. The van der Waals surface area contributed by atoms with Gasteiger partial charge in [-0.25, -0.2) is 14.4 Å². The Bertz CT molecular complexity index is 1970. The maximum Gasteiger partial charge on any atom is 0.414 e. The number of anilines is 2. The highest BCUT2D eigenvalue weighted by Crippen LogP contribution is 2.39. The number of nitrogens with zero attached hydrogens (tertiary/aromatic N) is 4. The fourth-order valence-corrected chi connectivity index (χ4v) is 8.80. The molecule has 5 rings (SSSR count). The van der Waals surface area contributed by atoms with E-state index >= 15 is 0 Å². The number of rotatable bonds is 19. The number of para-hydroxylation sites is 3. The standard InChI is InChI=1S/C47H68N8O10/c1-6-7-17-34(42(57)50-37(45(60)61)29-41(56)53-25-23-52(24-26-53)39-19-12-13-20-40(39)64-4)48-44(59)36(28-32-30-55(47(63)65-5)38-18-11-10-16-33(32)38)49-43(58)35(27-31(2)3)51-46(62)54-21-14-8-9-15-22-54/h10-13,16,18-20,31-32,34-37H,6-9,14-15,17,21-30H2,1-5H3,(H,48,59)(H,49,58)(H,50,57)(H,51,62)(H,60,61)/t32?,34-,35+,36-,37-/m1/s1. The molecule has 3 aliphatic heterocycles. The largest absolute Gasteiger partial charge is 0.495 e. The Morgan fingerprint density at radius 3 is 1.94 bits per heavy atom. The third-order valence-electron chi connectivity index (χ3n) is 12.4. The van der Waals surface area contributed by atoms with E-state index in [0.29, 0.717) is 63.5 Å². The predicted octanol–water partition coefficient (Wildman–Crippen LogP) is 4.22. The minimum atomic E-state index is -1.58. The summed E-state index contributed by atoms with van der Waals surface area (Å²) < 4.78 is 10.5. The van der Waals surface area contributed by atoms with Gasteiger partial charge in [0.1, 0.15) is 29.9 Å². The number of ether oxygens (including phenoxy) is 2. The summed E-state index contributed by atoms with van der Waals surface area (Å²) in [6.45, 7) is 8.72. The summed E-state index contributed by atoms with van der Waals surface area (Å²) in [5.74, 6) is -3.66. The van der Waals surface area contributed by atoms with E-state index < -0.39 is 72.2 Å². The number of amides is 7. The van der Waals surface area contributed by atoms with Gasteiger partial charge < -0.3 is 50.5 Å². The highest BCUT2D eigenvalue weighted by atomic mass is 16.5. The monoisotopic (exact) mass is 905 g/mol. The van der Waals surface area contributed by atoms with Gasteiger partial charge in [0.15, 0.2) is 0 Å². The maximum atomic E-state index is 14.6. The van der Waals surface area contributed by atoms with Crippen LogP contribution in [0.15, 0.2) is 48.5 Å². The van der Waals surface area contributed by atoms with Crippen molar-refractivity contribution in [2.24, 2.45) is 5.92 Å². The molecule has 2 saturated heterocycles. The van der Waals surface area contributed by atoms with Gasteiger partial charge in [-0.1, -0.05) is 76.8 Å². The second-order valence-corrected chi connectivity index (χ2v) is 17.5. The molecule has 0 bridgehead atoms. The van der Waals surface area contributed by atoms with E-state index in [0.717, 1.165) is 36.9 Å². The van der Waals surface area contributed by atoms with E-state index in [2.05, 4.69) is 26.2 Å². The lowest BCUT2D eigenvalue weighted by Crippen LogP contribution is -2.59. The quantitative estimate of drug-likeness (QED) is 0.134. The van der Waals surface area contributed by atoms with Crippen LogP contribution in [0.2, 0.25) is 0 Å². The molecular formula is C47H68N8O10. The zero-order chi connectivity index (χ0) is 47.0. The van der Waals surface area contributed by atoms with E-state index in [1.54, 1.807) is 29.0 Å². The number of piperazine rings is 1. The molecule has 18 heteroatoms. The lowest BCUT2D eigenvalue weighted by molar-refractivity contribution is -0.145. The minimum absolute atomic E-state index is 0.00281. The Morgan fingerprint density at radius 2 is 1.31 bits per heavy atom. The molecule has 5 N–H and O–H groups in total. The number of benzene rings is 2. The predicted molar refractivity (Wildman–Crippen MR) is 245 cm³/mol. The molecule has 356 valence electrons. The SMILES string of the molecule is CCCC[C@@H](NC(=O)[C@@H](CC1CN(C(=O)OC)c2ccccc21)NC(=O)[C@H](CC(C)C)NC(=O)N1CCCCCC1)C(=O)N[C@H](CC(=O)N1CCN(c2ccccc2OC)CC1)C(=O)O. The Morgan fingerprint density at radius 1 is 0.708 bits per heavy atom. The minimum Gasteiger partial charge on any atom is -0.495 e. The number of nitrogens with one attached hydrogen (secondary N) is 4. The summed E-state index contributed by atoms with van der Waals surface area (Å²) in [4.78, 5) is 102. The molecule has 0 aliphatic carbocycles. The van der Waals surface area contributed by atoms with E-state index in [9.17, 15) is 38.7 Å². The zero-order valence-corrected chi connectivity index (χ0v) is 38.5. The maximum absolute atomic E-state index is 14.6. The second kappa shape index (κ2) is 24.3. The first kappa shape index (κ1) is 49.9. The van der Waals surface area contributed by atoms with Crippen LogP contribution in [-0.4, -0.2) is 141 Å². The lowest BCUT2D eigenvalue weighted by atomic mass is 9.92. The van der Waals surface area contributed by atoms with Crippen LogP contribution in [-0.2, 0) is 28.7 Å². The fraction of sp³-hybridized carbons (Fsp3) is 0.596. The Balaban J connectivity index is 1.33. The molecule has 7 amide bonds. The van der Waals surface area contributed by atoms with Crippen LogP contribution in [0.3, 0.4) is 0 Å². The van der Waals surface area contributed by atoms with E-state index in [-0.39, 0.29) is 37.8 Å². The number of carboxylic acids is 1. The van der Waals surface area contributed by atoms with E-state index in [4.69, 9.17) is 9.47 Å². The van der Waals surface area contributed by atoms with Crippen molar-refractivity contribution in [3.63, 3.8) is 0 Å². The average molecular weight is 905 g/mol. The van der Waals surface area contributed by atoms with Crippen molar-refractivity contribution in [1.29, 1.82) is 0 Å². The molecule has 0 saturated carbocycles. The van der Waals surface area contributed by atoms with Crippen LogP contribution >= 0.6 is 0 Å². The van der Waals surface area contributed by atoms with Crippen LogP contribution < -0.4 is 35.8 Å². The number of unbranched alkanes of at least 4 members (excludes halogenated alkanes) is 1. The van der Waals surface area contributed by atoms with Crippen LogP contribution in [0.5, 0.6) is 5.75 Å². The Labute approximate surface area is 382 Å². The van der Waals surface area contributed by atoms with Gasteiger partial charge in [-0.15, -0.1) is 0 Å². The first-order valence-corrected chi connectivity index (χ1v) is 23.0. The fourth-order valence-electron chi connectivity index (χ4n) is 8.80. The number of aliphatic carboxylic acids is 1. The number of fused-ring (bicyclic) bond motifs is 1. The number of carbonyl (C=O) groups is 7. The second-order valence-electron chi connectivity index (χ2n) is 17.5. The van der Waals surface area contributed by atoms with Crippen molar-refractivity contribution < 1.29 is 48.1 Å². The van der Waals surface area contributed by atoms with Crippen LogP contribution in [0, 0.1) is 5.92 Å². The number of hydrogen-bond acceptors (Lipinski definition) is 10. The van der Waals surface area contributed by atoms with Gasteiger partial charge in [0, 0.05) is 51.7 Å². The van der Waals surface area contributed by atoms with Gasteiger partial charge in [0.25, 0.3) is 0 Å². The van der Waals surface area contributed by atoms with Crippen molar-refractivity contribution in [1.82, 2.24) is 31.1 Å². The summed E-state index contributed by atoms with van der Waals surface area (Å²) >= 11 is 0. The summed E-state index contributed by atoms with van der Waals surface area (Å²) in [6, 6.07) is 9.37. The Hall–Kier alpha value is -6.07. The topological polar surface area (TPSA) is 219 Å². The Kier molecular flexibility index (Phi) is 18.7. The highest BCUT2D eigenvalue weighted by molar-refractivity contribution is 5.96. The van der Waals surface area contributed by atoms with E-state index in [1.807, 2.05) is 57.2 Å². The number of methoxy groups -OCH3 is 2. The third-order valence-corrected chi connectivity index (χ3v) is 12.4. The number of likely N-dealkylation sites (tertiary alicyclic amines) is 1. The van der Waals surface area contributed by atoms with Crippen molar-refractivity contribution in [3.8, 4) is 5.75 Å². The van der Waals surface area contributed by atoms with E-state index in [1.165, 1.54) is 12.0 Å². The van der Waals surface area contributed by atoms with Crippen molar-refractivity contribution in [3.05, 3.63) is 54.1 Å². The summed E-state index contributed by atoms with van der Waals surface area (Å²) in [5.41, 5.74) is 2.25. The number of urea groups is 1. The molecule has 0 spiro atoms. The zero-order valence-electron chi connectivity index (χ0n) is 38.5. The molecule has 2 aromatic rings. The van der Waals surface area contributed by atoms with Crippen LogP contribution in [0.4, 0.5) is 21.0 Å². The summed E-state index contributed by atoms with van der Waals surface area (Å²) in [6.07, 6.45) is 4.26. The first-order chi connectivity index (χ1) is 31.2. The van der Waals surface area contributed by atoms with Gasteiger partial charge in [-0.2, -0.15) is 0 Å². The van der Waals surface area contributed by atoms with Gasteiger partial charge >= 0.3 is 18.1 Å². The van der Waals surface area contributed by atoms with Gasteiger partial charge in [-0.3, -0.25) is 24.1 Å². The number of carboxylic acid groups (broad SMARTS) is 1. The molecule has 0 radical (unpaired) electrons. The smallest absolute Gasteiger partial charge is 0.414 e. The third kappa shape index (κ3) is 13.7. The van der Waals surface area contributed by atoms with Gasteiger partial charge in [0.05, 0.1) is 32.0 Å². The molecule has 3 heterocycles. The molecule has 5 atom stereocenters. The molecule has 2 aromatic carbocycles. The van der Waals surface area contributed by atoms with Crippen molar-refractivity contribution in [2.45, 2.75) is 115 Å². The number of hydrogen-bond donors (Lipinski definition) is 5. The summed E-state index contributed by atoms with van der Waals surface area (Å²) in [5, 5.41) is 21.3. The molecule has 3 aliphatic rings. The van der Waals surface area contributed by atoms with Gasteiger partial charge in [0.2, 0.25) is 23.6 Å². The van der Waals surface area contributed by atoms with Crippen LogP contribution in [0.25, 0.3) is 0 Å². The van der Waals surface area contributed by atoms with Crippen LogP contribution in [0.1, 0.15) is 96.5 Å². The lowest BCUT2D eigenvalue weighted by Gasteiger charge is -2.37. The molecule has 2 fully saturated rings. The molecule has 18 nitrogen and oxygen atoms in total. The average Bonchev–Trinajstić information content (AvgIpc) is 3.44. The van der Waals surface area contributed by atoms with Crippen molar-refractivity contribution >= 4 is 53.1 Å². The first-order valence-electron chi connectivity index (χ1n) is 23.0. The highest BCUT2D eigenvalue weighted by Gasteiger charge is 2.39. The molecule has 0 aromatic heterocycles. The number of carbonyl (C=O) groups excluding carboxylic acids is 6. The normalized spacial score (nSPS) is 18.0.